The lowest BCUT2D eigenvalue weighted by Crippen LogP contribution is -2.34. The molecule has 1 N–H and O–H groups in total. The van der Waals surface area contributed by atoms with Crippen molar-refractivity contribution in [3.05, 3.63) is 17.5 Å². The molecule has 1 saturated heterocycles. The van der Waals surface area contributed by atoms with Crippen molar-refractivity contribution in [2.45, 2.75) is 32.4 Å². The molecule has 2 rings (SSSR count). The van der Waals surface area contributed by atoms with Gasteiger partial charge in [-0.25, -0.2) is 0 Å². The lowest BCUT2D eigenvalue weighted by Gasteiger charge is -2.19. The fourth-order valence-corrected chi connectivity index (χ4v) is 2.11. The van der Waals surface area contributed by atoms with Gasteiger partial charge in [-0.05, 0) is 33.4 Å². The van der Waals surface area contributed by atoms with Gasteiger partial charge in [0.25, 0.3) is 0 Å². The number of hydrogen-bond acceptors (Lipinski definition) is 4. The Bertz CT molecular complexity index is 305. The predicted octanol–water partition coefficient (Wildman–Crippen LogP) is 1.17. The zero-order valence-electron chi connectivity index (χ0n) is 9.49. The van der Waals surface area contributed by atoms with E-state index in [1.54, 1.807) is 0 Å². The van der Waals surface area contributed by atoms with Crippen LogP contribution in [0.2, 0.25) is 0 Å². The molecule has 15 heavy (non-hydrogen) atoms. The number of hydrogen-bond donors (Lipinski definition) is 1. The van der Waals surface area contributed by atoms with E-state index in [4.69, 9.17) is 4.52 Å². The standard InChI is InChI=1S/C11H19N3O/c1-9-6-11(15-13-9)8-14(2)7-10-4-3-5-12-10/h6,10,12H,3-5,7-8H2,1-2H3. The van der Waals surface area contributed by atoms with Gasteiger partial charge in [-0.3, -0.25) is 4.90 Å². The van der Waals surface area contributed by atoms with Crippen molar-refractivity contribution in [3.8, 4) is 0 Å². The van der Waals surface area contributed by atoms with Crippen molar-refractivity contribution in [2.75, 3.05) is 20.1 Å². The first-order valence-electron chi connectivity index (χ1n) is 5.58. The molecule has 4 heteroatoms. The zero-order valence-corrected chi connectivity index (χ0v) is 9.49. The third-order valence-electron chi connectivity index (χ3n) is 2.80. The van der Waals surface area contributed by atoms with E-state index in [1.165, 1.54) is 19.4 Å². The van der Waals surface area contributed by atoms with Gasteiger partial charge in [0.1, 0.15) is 0 Å². The third-order valence-corrected chi connectivity index (χ3v) is 2.80. The topological polar surface area (TPSA) is 41.3 Å². The smallest absolute Gasteiger partial charge is 0.150 e. The Morgan fingerprint density at radius 3 is 3.13 bits per heavy atom. The molecule has 0 saturated carbocycles. The van der Waals surface area contributed by atoms with Crippen LogP contribution in [0.15, 0.2) is 10.6 Å². The van der Waals surface area contributed by atoms with Crippen LogP contribution in [-0.2, 0) is 6.54 Å². The van der Waals surface area contributed by atoms with Gasteiger partial charge in [0.15, 0.2) is 5.76 Å². The molecular formula is C11H19N3O. The van der Waals surface area contributed by atoms with Gasteiger partial charge in [-0.15, -0.1) is 0 Å². The summed E-state index contributed by atoms with van der Waals surface area (Å²) in [6, 6.07) is 2.65. The van der Waals surface area contributed by atoms with E-state index in [0.29, 0.717) is 6.04 Å². The Morgan fingerprint density at radius 2 is 2.53 bits per heavy atom. The Morgan fingerprint density at radius 1 is 1.67 bits per heavy atom. The van der Waals surface area contributed by atoms with Crippen molar-refractivity contribution in [3.63, 3.8) is 0 Å². The number of rotatable bonds is 4. The lowest BCUT2D eigenvalue weighted by atomic mass is 10.2. The Labute approximate surface area is 90.6 Å². The van der Waals surface area contributed by atoms with Crippen LogP contribution in [0, 0.1) is 6.92 Å². The monoisotopic (exact) mass is 209 g/mol. The van der Waals surface area contributed by atoms with Crippen molar-refractivity contribution in [1.29, 1.82) is 0 Å². The highest BCUT2D eigenvalue weighted by molar-refractivity contribution is 5.02. The molecule has 1 aromatic heterocycles. The van der Waals surface area contributed by atoms with Crippen LogP contribution in [0.3, 0.4) is 0 Å². The Kier molecular flexibility index (Phi) is 3.38. The van der Waals surface area contributed by atoms with E-state index in [2.05, 4.69) is 22.4 Å². The first-order valence-corrected chi connectivity index (χ1v) is 5.58. The summed E-state index contributed by atoms with van der Waals surface area (Å²) in [7, 11) is 2.12. The van der Waals surface area contributed by atoms with Gasteiger partial charge < -0.3 is 9.84 Å². The maximum atomic E-state index is 5.19. The predicted molar refractivity (Wildman–Crippen MR) is 58.6 cm³/mol. The van der Waals surface area contributed by atoms with E-state index in [0.717, 1.165) is 24.5 Å². The van der Waals surface area contributed by atoms with Gasteiger partial charge in [-0.1, -0.05) is 5.16 Å². The molecule has 0 radical (unpaired) electrons. The Balaban J connectivity index is 1.78. The molecule has 2 heterocycles. The molecule has 0 aromatic carbocycles. The lowest BCUT2D eigenvalue weighted by molar-refractivity contribution is 0.253. The van der Waals surface area contributed by atoms with E-state index >= 15 is 0 Å². The number of nitrogens with zero attached hydrogens (tertiary/aromatic N) is 2. The third kappa shape index (κ3) is 3.04. The number of aromatic nitrogens is 1. The maximum Gasteiger partial charge on any atom is 0.150 e. The van der Waals surface area contributed by atoms with Crippen LogP contribution < -0.4 is 5.32 Å². The summed E-state index contributed by atoms with van der Waals surface area (Å²) in [4.78, 5) is 2.28. The van der Waals surface area contributed by atoms with Crippen LogP contribution in [0.25, 0.3) is 0 Å². The van der Waals surface area contributed by atoms with E-state index in [-0.39, 0.29) is 0 Å². The fraction of sp³-hybridized carbons (Fsp3) is 0.727. The zero-order chi connectivity index (χ0) is 10.7. The van der Waals surface area contributed by atoms with Crippen molar-refractivity contribution in [2.24, 2.45) is 0 Å². The van der Waals surface area contributed by atoms with Crippen LogP contribution >= 0.6 is 0 Å². The quantitative estimate of drug-likeness (QED) is 0.808. The molecule has 1 atom stereocenters. The highest BCUT2D eigenvalue weighted by atomic mass is 16.5. The molecule has 1 aliphatic heterocycles. The second-order valence-corrected chi connectivity index (χ2v) is 4.42. The minimum absolute atomic E-state index is 0.652. The van der Waals surface area contributed by atoms with Gasteiger partial charge in [-0.2, -0.15) is 0 Å². The molecule has 1 unspecified atom stereocenters. The maximum absolute atomic E-state index is 5.19. The first-order chi connectivity index (χ1) is 7.24. The first kappa shape index (κ1) is 10.6. The molecule has 1 fully saturated rings. The summed E-state index contributed by atoms with van der Waals surface area (Å²) in [5.74, 6) is 0.952. The second kappa shape index (κ2) is 4.77. The number of likely N-dealkylation sites (N-methyl/N-ethyl adjacent to an activating group) is 1. The molecule has 1 aromatic rings. The molecule has 0 aliphatic carbocycles. The van der Waals surface area contributed by atoms with E-state index in [1.807, 2.05) is 13.0 Å². The average molecular weight is 209 g/mol. The largest absolute Gasteiger partial charge is 0.360 e. The molecule has 0 bridgehead atoms. The Hall–Kier alpha value is -0.870. The summed E-state index contributed by atoms with van der Waals surface area (Å²) in [5, 5.41) is 7.37. The van der Waals surface area contributed by atoms with Crippen molar-refractivity contribution in [1.82, 2.24) is 15.4 Å². The van der Waals surface area contributed by atoms with E-state index < -0.39 is 0 Å². The fourth-order valence-electron chi connectivity index (χ4n) is 2.11. The highest BCUT2D eigenvalue weighted by Gasteiger charge is 2.16. The highest BCUT2D eigenvalue weighted by Crippen LogP contribution is 2.09. The molecular weight excluding hydrogens is 190 g/mol. The van der Waals surface area contributed by atoms with Gasteiger partial charge in [0.05, 0.1) is 12.2 Å². The summed E-state index contributed by atoms with van der Waals surface area (Å²) in [6.07, 6.45) is 2.60. The van der Waals surface area contributed by atoms with Gasteiger partial charge in [0.2, 0.25) is 0 Å². The summed E-state index contributed by atoms with van der Waals surface area (Å²) >= 11 is 0. The summed E-state index contributed by atoms with van der Waals surface area (Å²) in [6.45, 7) is 5.05. The van der Waals surface area contributed by atoms with Crippen molar-refractivity contribution >= 4 is 0 Å². The molecule has 1 aliphatic rings. The minimum Gasteiger partial charge on any atom is -0.360 e. The van der Waals surface area contributed by atoms with Gasteiger partial charge in [0, 0.05) is 18.7 Å². The van der Waals surface area contributed by atoms with Crippen LogP contribution in [-0.4, -0.2) is 36.2 Å². The molecule has 4 nitrogen and oxygen atoms in total. The average Bonchev–Trinajstić information content (AvgIpc) is 2.77. The molecule has 84 valence electrons. The van der Waals surface area contributed by atoms with Crippen LogP contribution in [0.1, 0.15) is 24.3 Å². The second-order valence-electron chi connectivity index (χ2n) is 4.42. The molecule has 0 spiro atoms. The minimum atomic E-state index is 0.652. The number of nitrogens with one attached hydrogen (secondary N) is 1. The van der Waals surface area contributed by atoms with Gasteiger partial charge >= 0.3 is 0 Å². The summed E-state index contributed by atoms with van der Waals surface area (Å²) < 4.78 is 5.19. The van der Waals surface area contributed by atoms with Crippen LogP contribution in [0.4, 0.5) is 0 Å². The normalized spacial score (nSPS) is 21.4. The SMILES string of the molecule is Cc1cc(CN(C)CC2CCCN2)on1. The van der Waals surface area contributed by atoms with Crippen LogP contribution in [0.5, 0.6) is 0 Å². The van der Waals surface area contributed by atoms with E-state index in [9.17, 15) is 0 Å². The van der Waals surface area contributed by atoms with Crippen molar-refractivity contribution < 1.29 is 4.52 Å². The molecule has 0 amide bonds. The number of aryl methyl sites for hydroxylation is 1. The summed E-state index contributed by atoms with van der Waals surface area (Å²) in [5.41, 5.74) is 0.956.